The maximum Gasteiger partial charge on any atom is 0.170 e. The third-order valence-electron chi connectivity index (χ3n) is 4.49. The lowest BCUT2D eigenvalue weighted by molar-refractivity contribution is 0.641. The lowest BCUT2D eigenvalue weighted by Gasteiger charge is -2.25. The smallest absolute Gasteiger partial charge is 0.170 e. The summed E-state index contributed by atoms with van der Waals surface area (Å²) in [5, 5.41) is 7.24. The number of benzene rings is 2. The highest BCUT2D eigenvalue weighted by Crippen LogP contribution is 2.31. The van der Waals surface area contributed by atoms with E-state index in [-0.39, 0.29) is 0 Å². The van der Waals surface area contributed by atoms with E-state index >= 15 is 0 Å². The summed E-state index contributed by atoms with van der Waals surface area (Å²) in [6.07, 6.45) is 2.21. The summed E-state index contributed by atoms with van der Waals surface area (Å²) in [5.41, 5.74) is 5.12. The van der Waals surface area contributed by atoms with Crippen molar-refractivity contribution in [2.75, 3.05) is 23.3 Å². The summed E-state index contributed by atoms with van der Waals surface area (Å²) >= 11 is 5.38. The van der Waals surface area contributed by atoms with E-state index in [0.29, 0.717) is 11.2 Å². The third-order valence-corrected chi connectivity index (χ3v) is 4.73. The molecule has 2 aromatic carbocycles. The SMILES string of the molecule is Cc1cccc(NC(=S)NCCCN2c3ccccc3C[C@H]2C)c1. The molecule has 0 saturated carbocycles. The Labute approximate surface area is 150 Å². The van der Waals surface area contributed by atoms with Crippen molar-refractivity contribution in [2.45, 2.75) is 32.7 Å². The average Bonchev–Trinajstić information content (AvgIpc) is 2.87. The molecule has 2 N–H and O–H groups in total. The number of hydrogen-bond donors (Lipinski definition) is 2. The van der Waals surface area contributed by atoms with Gasteiger partial charge in [0.2, 0.25) is 0 Å². The zero-order chi connectivity index (χ0) is 16.9. The van der Waals surface area contributed by atoms with Gasteiger partial charge >= 0.3 is 0 Å². The van der Waals surface area contributed by atoms with Crippen molar-refractivity contribution in [1.29, 1.82) is 0 Å². The molecule has 0 radical (unpaired) electrons. The van der Waals surface area contributed by atoms with Crippen molar-refractivity contribution in [2.24, 2.45) is 0 Å². The maximum absolute atomic E-state index is 5.38. The van der Waals surface area contributed by atoms with Crippen LogP contribution in [0.15, 0.2) is 48.5 Å². The molecular weight excluding hydrogens is 314 g/mol. The molecule has 1 aliphatic heterocycles. The van der Waals surface area contributed by atoms with Crippen LogP contribution < -0.4 is 15.5 Å². The Morgan fingerprint density at radius 3 is 2.88 bits per heavy atom. The summed E-state index contributed by atoms with van der Waals surface area (Å²) in [6, 6.07) is 17.6. The van der Waals surface area contributed by atoms with E-state index in [4.69, 9.17) is 12.2 Å². The Bertz CT molecular complexity index is 714. The van der Waals surface area contributed by atoms with E-state index in [1.54, 1.807) is 0 Å². The van der Waals surface area contributed by atoms with Crippen molar-refractivity contribution in [1.82, 2.24) is 5.32 Å². The maximum atomic E-state index is 5.38. The van der Waals surface area contributed by atoms with Gasteiger partial charge in [-0.1, -0.05) is 30.3 Å². The molecule has 0 bridgehead atoms. The number of hydrogen-bond acceptors (Lipinski definition) is 2. The molecule has 4 heteroatoms. The molecule has 24 heavy (non-hydrogen) atoms. The number of nitrogens with zero attached hydrogens (tertiary/aromatic N) is 1. The molecular formula is C20H25N3S. The first kappa shape index (κ1) is 16.8. The van der Waals surface area contributed by atoms with Crippen molar-refractivity contribution >= 4 is 28.7 Å². The summed E-state index contributed by atoms with van der Waals surface area (Å²) in [6.45, 7) is 6.31. The summed E-state index contributed by atoms with van der Waals surface area (Å²) < 4.78 is 0. The molecule has 1 aliphatic rings. The standard InChI is InChI=1S/C20H25N3S/c1-15-7-5-9-18(13-15)22-20(24)21-11-6-12-23-16(2)14-17-8-3-4-10-19(17)23/h3-5,7-10,13,16H,6,11-12,14H2,1-2H3,(H2,21,22,24)/t16-/m1/s1. The second-order valence-corrected chi connectivity index (χ2v) is 6.89. The van der Waals surface area contributed by atoms with Crippen LogP contribution in [-0.2, 0) is 6.42 Å². The fourth-order valence-electron chi connectivity index (χ4n) is 3.32. The quantitative estimate of drug-likeness (QED) is 0.633. The number of fused-ring (bicyclic) bond motifs is 1. The van der Waals surface area contributed by atoms with Gasteiger partial charge in [0.05, 0.1) is 0 Å². The van der Waals surface area contributed by atoms with E-state index in [9.17, 15) is 0 Å². The van der Waals surface area contributed by atoms with Crippen LogP contribution in [0.5, 0.6) is 0 Å². The lowest BCUT2D eigenvalue weighted by Crippen LogP contribution is -2.34. The van der Waals surface area contributed by atoms with Gasteiger partial charge in [-0.05, 0) is 68.2 Å². The second kappa shape index (κ2) is 7.67. The van der Waals surface area contributed by atoms with Crippen LogP contribution in [0, 0.1) is 6.92 Å². The number of thiocarbonyl (C=S) groups is 1. The molecule has 0 spiro atoms. The zero-order valence-electron chi connectivity index (χ0n) is 14.4. The Hall–Kier alpha value is -2.07. The van der Waals surface area contributed by atoms with Crippen LogP contribution in [0.2, 0.25) is 0 Å². The first-order valence-corrected chi connectivity index (χ1v) is 9.00. The molecule has 0 fully saturated rings. The fraction of sp³-hybridized carbons (Fsp3) is 0.350. The Morgan fingerprint density at radius 1 is 1.21 bits per heavy atom. The van der Waals surface area contributed by atoms with Crippen LogP contribution >= 0.6 is 12.2 Å². The molecule has 0 aliphatic carbocycles. The third kappa shape index (κ3) is 4.06. The molecule has 1 atom stereocenters. The summed E-state index contributed by atoms with van der Waals surface area (Å²) in [4.78, 5) is 2.51. The lowest BCUT2D eigenvalue weighted by atomic mass is 10.1. The molecule has 126 valence electrons. The topological polar surface area (TPSA) is 27.3 Å². The van der Waals surface area contributed by atoms with Crippen LogP contribution in [0.25, 0.3) is 0 Å². The van der Waals surface area contributed by atoms with Gasteiger partial charge in [0.15, 0.2) is 5.11 Å². The van der Waals surface area contributed by atoms with Crippen LogP contribution in [0.3, 0.4) is 0 Å². The minimum absolute atomic E-state index is 0.583. The van der Waals surface area contributed by atoms with Crippen LogP contribution in [-0.4, -0.2) is 24.2 Å². The molecule has 0 aromatic heterocycles. The normalized spacial score (nSPS) is 15.9. The van der Waals surface area contributed by atoms with Gasteiger partial charge < -0.3 is 15.5 Å². The highest BCUT2D eigenvalue weighted by atomic mass is 32.1. The Balaban J connectivity index is 1.43. The van der Waals surface area contributed by atoms with Gasteiger partial charge in [-0.3, -0.25) is 0 Å². The van der Waals surface area contributed by atoms with E-state index < -0.39 is 0 Å². The highest BCUT2D eigenvalue weighted by Gasteiger charge is 2.24. The number of anilines is 2. The average molecular weight is 340 g/mol. The zero-order valence-corrected chi connectivity index (χ0v) is 15.2. The Morgan fingerprint density at radius 2 is 2.04 bits per heavy atom. The van der Waals surface area contributed by atoms with Gasteiger partial charge in [-0.15, -0.1) is 0 Å². The number of nitrogens with one attached hydrogen (secondary N) is 2. The van der Waals surface area contributed by atoms with Crippen molar-refractivity contribution < 1.29 is 0 Å². The van der Waals surface area contributed by atoms with Gasteiger partial charge in [-0.25, -0.2) is 0 Å². The van der Waals surface area contributed by atoms with E-state index in [0.717, 1.165) is 31.6 Å². The van der Waals surface area contributed by atoms with Crippen molar-refractivity contribution in [3.8, 4) is 0 Å². The molecule has 2 aromatic rings. The second-order valence-electron chi connectivity index (χ2n) is 6.48. The predicted molar refractivity (Wildman–Crippen MR) is 107 cm³/mol. The molecule has 0 unspecified atom stereocenters. The Kier molecular flexibility index (Phi) is 5.36. The van der Waals surface area contributed by atoms with Crippen molar-refractivity contribution in [3.05, 3.63) is 59.7 Å². The number of aryl methyl sites for hydroxylation is 1. The van der Waals surface area contributed by atoms with Crippen LogP contribution in [0.4, 0.5) is 11.4 Å². The minimum Gasteiger partial charge on any atom is -0.368 e. The first-order chi connectivity index (χ1) is 11.6. The van der Waals surface area contributed by atoms with Crippen molar-refractivity contribution in [3.63, 3.8) is 0 Å². The fourth-order valence-corrected chi connectivity index (χ4v) is 3.54. The minimum atomic E-state index is 0.583. The van der Waals surface area contributed by atoms with Gasteiger partial charge in [-0.2, -0.15) is 0 Å². The van der Waals surface area contributed by atoms with E-state index in [1.807, 2.05) is 12.1 Å². The van der Waals surface area contributed by atoms with Gasteiger partial charge in [0.1, 0.15) is 0 Å². The number of para-hydroxylation sites is 1. The van der Waals surface area contributed by atoms with Gasteiger partial charge in [0.25, 0.3) is 0 Å². The molecule has 3 nitrogen and oxygen atoms in total. The highest BCUT2D eigenvalue weighted by molar-refractivity contribution is 7.80. The molecule has 1 heterocycles. The van der Waals surface area contributed by atoms with E-state index in [1.165, 1.54) is 16.8 Å². The first-order valence-electron chi connectivity index (χ1n) is 8.59. The van der Waals surface area contributed by atoms with Crippen LogP contribution in [0.1, 0.15) is 24.5 Å². The molecule has 0 saturated heterocycles. The number of rotatable bonds is 5. The molecule has 0 amide bonds. The summed E-state index contributed by atoms with van der Waals surface area (Å²) in [5.74, 6) is 0. The largest absolute Gasteiger partial charge is 0.368 e. The molecule has 3 rings (SSSR count). The van der Waals surface area contributed by atoms with E-state index in [2.05, 4.69) is 65.8 Å². The predicted octanol–water partition coefficient (Wildman–Crippen LogP) is 4.12. The van der Waals surface area contributed by atoms with Gasteiger partial charge in [0, 0.05) is 30.5 Å². The monoisotopic (exact) mass is 339 g/mol. The summed E-state index contributed by atoms with van der Waals surface area (Å²) in [7, 11) is 0.